The molecule has 538 valence electrons. The van der Waals surface area contributed by atoms with E-state index in [0.29, 0.717) is 0 Å². The van der Waals surface area contributed by atoms with Crippen LogP contribution in [0.1, 0.15) is 49.9 Å². The molecular weight excluding hydrogens is 1390 g/mol. The van der Waals surface area contributed by atoms with Crippen molar-refractivity contribution in [1.82, 2.24) is 4.57 Å². The van der Waals surface area contributed by atoms with Gasteiger partial charge in [-0.15, -0.1) is 0 Å². The van der Waals surface area contributed by atoms with Gasteiger partial charge in [-0.1, -0.05) is 307 Å². The van der Waals surface area contributed by atoms with Gasteiger partial charge >= 0.3 is 0 Å². The van der Waals surface area contributed by atoms with Gasteiger partial charge in [0.2, 0.25) is 0 Å². The number of para-hydroxylation sites is 9. The summed E-state index contributed by atoms with van der Waals surface area (Å²) in [7, 11) is 0. The van der Waals surface area contributed by atoms with Crippen LogP contribution in [0.4, 0.5) is 34.1 Å². The molecule has 23 rings (SSSR count). The van der Waals surface area contributed by atoms with Gasteiger partial charge in [-0.2, -0.15) is 0 Å². The largest absolute Gasteiger partial charge is 0.456 e. The fraction of sp³-hybridized carbons (Fsp3) is 0.0556. The lowest BCUT2D eigenvalue weighted by atomic mass is 9.82. The second kappa shape index (κ2) is 25.0. The monoisotopic (exact) mass is 1460 g/mol. The Kier molecular flexibility index (Phi) is 14.4. The number of hydrogen-bond donors (Lipinski definition) is 0. The lowest BCUT2D eigenvalue weighted by Gasteiger charge is -2.32. The van der Waals surface area contributed by atoms with Gasteiger partial charge < -0.3 is 27.6 Å². The molecule has 114 heavy (non-hydrogen) atoms. The van der Waals surface area contributed by atoms with Crippen molar-refractivity contribution < 1.29 is 13.3 Å². The molecule has 2 aliphatic carbocycles. The van der Waals surface area contributed by atoms with Crippen molar-refractivity contribution in [3.63, 3.8) is 0 Å². The summed E-state index contributed by atoms with van der Waals surface area (Å²) >= 11 is 0. The smallest absolute Gasteiger partial charge is 0.159 e. The molecule has 0 atom stereocenters. The number of anilines is 6. The zero-order chi connectivity index (χ0) is 75.7. The van der Waals surface area contributed by atoms with Gasteiger partial charge in [0, 0.05) is 81.9 Å². The van der Waals surface area contributed by atoms with E-state index in [1.807, 2.05) is 0 Å². The van der Waals surface area contributed by atoms with Crippen molar-refractivity contribution >= 4 is 122 Å². The quantitative estimate of drug-likeness (QED) is 0.122. The Hall–Kier alpha value is -14.5. The lowest BCUT2D eigenvalue weighted by molar-refractivity contribution is 0.660. The minimum Gasteiger partial charge on any atom is -0.456 e. The Bertz CT molecular complexity index is 7590. The molecule has 0 N–H and O–H groups in total. The lowest BCUT2D eigenvalue weighted by Crippen LogP contribution is -2.15. The number of hydrogen-bond acceptors (Lipinski definition) is 5. The Balaban J connectivity index is 0.745. The van der Waals surface area contributed by atoms with Crippen LogP contribution >= 0.6 is 0 Å². The highest BCUT2D eigenvalue weighted by Crippen LogP contribution is 2.59. The van der Waals surface area contributed by atoms with Gasteiger partial charge in [-0.3, -0.25) is 0 Å². The van der Waals surface area contributed by atoms with E-state index in [4.69, 9.17) is 13.3 Å². The van der Waals surface area contributed by atoms with E-state index >= 15 is 0 Å². The summed E-state index contributed by atoms with van der Waals surface area (Å²) < 4.78 is 23.6. The molecule has 4 aromatic heterocycles. The molecule has 21 aromatic rings. The molecule has 0 bridgehead atoms. The van der Waals surface area contributed by atoms with Crippen molar-refractivity contribution in [2.75, 3.05) is 9.80 Å². The first-order valence-electron chi connectivity index (χ1n) is 39.5. The van der Waals surface area contributed by atoms with Crippen LogP contribution in [0.2, 0.25) is 0 Å². The summed E-state index contributed by atoms with van der Waals surface area (Å²) in [6.45, 7) is 9.46. The molecule has 4 heterocycles. The van der Waals surface area contributed by atoms with Crippen LogP contribution in [-0.4, -0.2) is 4.57 Å². The maximum Gasteiger partial charge on any atom is 0.159 e. The Morgan fingerprint density at radius 2 is 0.632 bits per heavy atom. The third-order valence-electron chi connectivity index (χ3n) is 24.8. The first-order valence-corrected chi connectivity index (χ1v) is 39.5. The van der Waals surface area contributed by atoms with Crippen LogP contribution < -0.4 is 9.80 Å². The average molecular weight is 1460 g/mol. The van der Waals surface area contributed by atoms with E-state index in [9.17, 15) is 0 Å². The number of aromatic nitrogens is 1. The highest BCUT2D eigenvalue weighted by atomic mass is 16.3. The number of fused-ring (bicyclic) bond motifs is 18. The fourth-order valence-corrected chi connectivity index (χ4v) is 19.8. The van der Waals surface area contributed by atoms with E-state index in [2.05, 4.69) is 412 Å². The topological polar surface area (TPSA) is 50.8 Å². The van der Waals surface area contributed by atoms with Gasteiger partial charge in [0.05, 0.1) is 45.2 Å². The van der Waals surface area contributed by atoms with Crippen LogP contribution in [-0.2, 0) is 10.8 Å². The number of furan rings is 3. The second-order valence-corrected chi connectivity index (χ2v) is 31.6. The van der Waals surface area contributed by atoms with Gasteiger partial charge in [0.1, 0.15) is 27.9 Å². The highest BCUT2D eigenvalue weighted by Gasteiger charge is 2.40. The molecule has 6 heteroatoms. The SMILES string of the molecule is CC1(C)c2ccccc2-c2c(-c3ccccc3N(c3ccccc3-c3cccc4oc5cc(-c6ccc(N(c7ccccc7-c7cccc8c7-c7ccccc7C8(C)C)c7ccccc7-c7cccc8oc9ccccc9c78)c7c6c6ccccc6n7-c6ccccc6)ccc5c34)c3cccc4c3oc3ccccc34)cccc21. The molecule has 0 saturated carbocycles. The number of rotatable bonds is 12. The van der Waals surface area contributed by atoms with Crippen LogP contribution in [0.25, 0.3) is 171 Å². The van der Waals surface area contributed by atoms with Gasteiger partial charge in [-0.25, -0.2) is 0 Å². The molecule has 0 spiro atoms. The van der Waals surface area contributed by atoms with Crippen LogP contribution in [0, 0.1) is 0 Å². The van der Waals surface area contributed by atoms with Crippen molar-refractivity contribution in [3.05, 3.63) is 392 Å². The van der Waals surface area contributed by atoms with E-state index in [1.165, 1.54) is 55.6 Å². The molecule has 0 aliphatic heterocycles. The van der Waals surface area contributed by atoms with Crippen molar-refractivity contribution in [3.8, 4) is 83.6 Å². The van der Waals surface area contributed by atoms with E-state index in [1.54, 1.807) is 0 Å². The summed E-state index contributed by atoms with van der Waals surface area (Å²) in [5, 5.41) is 8.57. The molecule has 0 saturated heterocycles. The van der Waals surface area contributed by atoms with Crippen molar-refractivity contribution in [1.29, 1.82) is 0 Å². The molecule has 0 radical (unpaired) electrons. The predicted molar refractivity (Wildman–Crippen MR) is 474 cm³/mol. The number of benzene rings is 17. The first kappa shape index (κ1) is 65.4. The molecule has 17 aromatic carbocycles. The third-order valence-corrected chi connectivity index (χ3v) is 24.8. The fourth-order valence-electron chi connectivity index (χ4n) is 19.8. The minimum absolute atomic E-state index is 0.191. The van der Waals surface area contributed by atoms with Gasteiger partial charge in [-0.05, 0) is 169 Å². The van der Waals surface area contributed by atoms with Gasteiger partial charge in [0.25, 0.3) is 0 Å². The standard InChI is InChI=1S/C108H73N3O3/c1-107(2)84-47-17-8-38-79(84)100-74(42-26-49-86(100)107)69-33-10-19-51-88(69)110(89-52-20-12-35-71(89)76-44-29-59-97-102(76)82-41-16-25-58-96(82)112-97)93-64-63-68(104-81-40-14-23-55-92(81)109(105(93)104)67-31-6-5-7-32-67)66-61-62-83-99(65-66)113-98-60-30-45-77(103(83)98)72-36-13-22-54-91(72)111(94-56-28-46-78-73-37-15-24-57-95(73)114-106(78)94)90-53-21-11-34-70(90)75-43-27-50-87-101(75)80-39-9-18-48-85(80)108(87,3)4/h5-65H,1-4H3. The Morgan fingerprint density at radius 3 is 1.22 bits per heavy atom. The van der Waals surface area contributed by atoms with E-state index in [-0.39, 0.29) is 10.8 Å². The van der Waals surface area contributed by atoms with Crippen LogP contribution in [0.3, 0.4) is 0 Å². The Morgan fingerprint density at radius 1 is 0.237 bits per heavy atom. The zero-order valence-corrected chi connectivity index (χ0v) is 63.3. The highest BCUT2D eigenvalue weighted by molar-refractivity contribution is 6.23. The third kappa shape index (κ3) is 9.55. The molecule has 0 amide bonds. The van der Waals surface area contributed by atoms with E-state index < -0.39 is 0 Å². The average Bonchev–Trinajstić information content (AvgIpc) is 1.54. The maximum absolute atomic E-state index is 7.33. The second-order valence-electron chi connectivity index (χ2n) is 31.6. The molecule has 0 unspecified atom stereocenters. The molecule has 0 fully saturated rings. The minimum atomic E-state index is -0.216. The van der Waals surface area contributed by atoms with Gasteiger partial charge in [0.15, 0.2) is 5.58 Å². The van der Waals surface area contributed by atoms with Crippen LogP contribution in [0.5, 0.6) is 0 Å². The number of nitrogens with zero attached hydrogens (tertiary/aromatic N) is 3. The van der Waals surface area contributed by atoms with E-state index in [0.717, 1.165) is 172 Å². The summed E-state index contributed by atoms with van der Waals surface area (Å²) in [5.74, 6) is 0. The molecular formula is C108H73N3O3. The normalized spacial score (nSPS) is 13.2. The summed E-state index contributed by atoms with van der Waals surface area (Å²) in [4.78, 5) is 5.02. The van der Waals surface area contributed by atoms with Crippen LogP contribution in [0.15, 0.2) is 383 Å². The summed E-state index contributed by atoms with van der Waals surface area (Å²) in [6, 6.07) is 136. The molecule has 6 nitrogen and oxygen atoms in total. The summed E-state index contributed by atoms with van der Waals surface area (Å²) in [5.41, 5.74) is 35.1. The predicted octanol–water partition coefficient (Wildman–Crippen LogP) is 30.4. The Labute approximate surface area is 659 Å². The van der Waals surface area contributed by atoms with Crippen molar-refractivity contribution in [2.45, 2.75) is 38.5 Å². The maximum atomic E-state index is 7.33. The molecule has 2 aliphatic rings. The first-order chi connectivity index (χ1) is 56.1. The van der Waals surface area contributed by atoms with Crippen molar-refractivity contribution in [2.24, 2.45) is 0 Å². The zero-order valence-electron chi connectivity index (χ0n) is 63.3. The summed E-state index contributed by atoms with van der Waals surface area (Å²) in [6.07, 6.45) is 0.